The summed E-state index contributed by atoms with van der Waals surface area (Å²) >= 11 is 0. The Hall–Kier alpha value is -0.530. The maximum atomic E-state index is 11.6. The third-order valence-corrected chi connectivity index (χ3v) is 4.23. The first-order chi connectivity index (χ1) is 11.0. The zero-order chi connectivity index (χ0) is 17.1. The Labute approximate surface area is 165 Å². The SMILES string of the molecule is CCCCCC(C)(C)CNC(=NC)NCCCC(=O)NC1CC1.I. The fourth-order valence-corrected chi connectivity index (χ4v) is 2.47. The van der Waals surface area contributed by atoms with Gasteiger partial charge in [0.2, 0.25) is 5.91 Å². The van der Waals surface area contributed by atoms with Crippen molar-refractivity contribution < 1.29 is 4.79 Å². The molecule has 1 aliphatic carbocycles. The van der Waals surface area contributed by atoms with Crippen LogP contribution in [0.1, 0.15) is 72.1 Å². The molecular weight excluding hydrogens is 415 g/mol. The van der Waals surface area contributed by atoms with Gasteiger partial charge in [-0.3, -0.25) is 9.79 Å². The first-order valence-electron chi connectivity index (χ1n) is 9.20. The zero-order valence-electron chi connectivity index (χ0n) is 15.9. The summed E-state index contributed by atoms with van der Waals surface area (Å²) in [6.45, 7) is 8.52. The Morgan fingerprint density at radius 1 is 1.17 bits per heavy atom. The summed E-state index contributed by atoms with van der Waals surface area (Å²) in [5, 5.41) is 9.71. The average molecular weight is 452 g/mol. The van der Waals surface area contributed by atoms with E-state index < -0.39 is 0 Å². The minimum absolute atomic E-state index is 0. The topological polar surface area (TPSA) is 65.5 Å². The largest absolute Gasteiger partial charge is 0.356 e. The fourth-order valence-electron chi connectivity index (χ4n) is 2.47. The Morgan fingerprint density at radius 3 is 2.46 bits per heavy atom. The van der Waals surface area contributed by atoms with E-state index in [1.165, 1.54) is 25.7 Å². The van der Waals surface area contributed by atoms with Gasteiger partial charge in [-0.2, -0.15) is 0 Å². The molecule has 0 bridgehead atoms. The molecule has 0 atom stereocenters. The maximum absolute atomic E-state index is 11.6. The van der Waals surface area contributed by atoms with Crippen LogP contribution in [0.2, 0.25) is 0 Å². The van der Waals surface area contributed by atoms with Crippen molar-refractivity contribution in [1.82, 2.24) is 16.0 Å². The van der Waals surface area contributed by atoms with E-state index in [2.05, 4.69) is 41.7 Å². The van der Waals surface area contributed by atoms with Gasteiger partial charge in [-0.05, 0) is 31.1 Å². The number of carbonyl (C=O) groups is 1. The predicted molar refractivity (Wildman–Crippen MR) is 113 cm³/mol. The third kappa shape index (κ3) is 11.9. The lowest BCUT2D eigenvalue weighted by molar-refractivity contribution is -0.121. The van der Waals surface area contributed by atoms with Crippen molar-refractivity contribution in [3.63, 3.8) is 0 Å². The summed E-state index contributed by atoms with van der Waals surface area (Å²) in [6.07, 6.45) is 8.80. The second kappa shape index (κ2) is 12.8. The van der Waals surface area contributed by atoms with Crippen LogP contribution in [0, 0.1) is 5.41 Å². The molecule has 0 aromatic rings. The van der Waals surface area contributed by atoms with Gasteiger partial charge < -0.3 is 16.0 Å². The smallest absolute Gasteiger partial charge is 0.220 e. The van der Waals surface area contributed by atoms with Crippen molar-refractivity contribution in [2.24, 2.45) is 10.4 Å². The molecule has 5 nitrogen and oxygen atoms in total. The summed E-state index contributed by atoms with van der Waals surface area (Å²) in [7, 11) is 1.79. The minimum Gasteiger partial charge on any atom is -0.356 e. The van der Waals surface area contributed by atoms with Crippen molar-refractivity contribution in [2.45, 2.75) is 78.2 Å². The van der Waals surface area contributed by atoms with Gasteiger partial charge in [-0.25, -0.2) is 0 Å². The van der Waals surface area contributed by atoms with Crippen molar-refractivity contribution in [2.75, 3.05) is 20.1 Å². The van der Waals surface area contributed by atoms with Crippen LogP contribution in [0.4, 0.5) is 0 Å². The van der Waals surface area contributed by atoms with Gasteiger partial charge in [0.05, 0.1) is 0 Å². The number of guanidine groups is 1. The highest BCUT2D eigenvalue weighted by atomic mass is 127. The van der Waals surface area contributed by atoms with Crippen LogP contribution in [0.15, 0.2) is 4.99 Å². The average Bonchev–Trinajstić information content (AvgIpc) is 3.30. The molecule has 3 N–H and O–H groups in total. The van der Waals surface area contributed by atoms with Crippen molar-refractivity contribution in [3.8, 4) is 0 Å². The number of nitrogens with zero attached hydrogens (tertiary/aromatic N) is 1. The second-order valence-corrected chi connectivity index (χ2v) is 7.42. The van der Waals surface area contributed by atoms with E-state index in [4.69, 9.17) is 0 Å². The first kappa shape index (κ1) is 23.5. The lowest BCUT2D eigenvalue weighted by Crippen LogP contribution is -2.42. The van der Waals surface area contributed by atoms with E-state index in [1.807, 2.05) is 0 Å². The molecule has 0 aromatic heterocycles. The van der Waals surface area contributed by atoms with Gasteiger partial charge in [0.25, 0.3) is 0 Å². The van der Waals surface area contributed by atoms with Crippen LogP contribution in [-0.2, 0) is 4.79 Å². The molecule has 142 valence electrons. The van der Waals surface area contributed by atoms with Gasteiger partial charge in [-0.15, -0.1) is 24.0 Å². The predicted octanol–water partition coefficient (Wildman–Crippen LogP) is 3.43. The molecule has 24 heavy (non-hydrogen) atoms. The molecule has 0 unspecified atom stereocenters. The number of carbonyl (C=O) groups excluding carboxylic acids is 1. The highest BCUT2D eigenvalue weighted by Crippen LogP contribution is 2.22. The van der Waals surface area contributed by atoms with E-state index in [9.17, 15) is 4.79 Å². The molecule has 6 heteroatoms. The normalized spacial score (nSPS) is 14.8. The van der Waals surface area contributed by atoms with E-state index in [-0.39, 0.29) is 35.3 Å². The molecule has 0 spiro atoms. The number of rotatable bonds is 11. The van der Waals surface area contributed by atoms with Crippen LogP contribution in [-0.4, -0.2) is 38.0 Å². The van der Waals surface area contributed by atoms with Crippen molar-refractivity contribution >= 4 is 35.8 Å². The molecule has 0 aromatic carbocycles. The third-order valence-electron chi connectivity index (χ3n) is 4.23. The number of nitrogens with one attached hydrogen (secondary N) is 3. The van der Waals surface area contributed by atoms with E-state index in [1.54, 1.807) is 7.05 Å². The number of amides is 1. The summed E-state index contributed by atoms with van der Waals surface area (Å²) in [5.41, 5.74) is 0.275. The summed E-state index contributed by atoms with van der Waals surface area (Å²) in [6, 6.07) is 0.458. The number of hydrogen-bond donors (Lipinski definition) is 3. The molecule has 1 aliphatic rings. The molecule has 1 fully saturated rings. The molecule has 0 heterocycles. The molecule has 1 amide bonds. The highest BCUT2D eigenvalue weighted by Gasteiger charge is 2.22. The van der Waals surface area contributed by atoms with Gasteiger partial charge in [0, 0.05) is 32.6 Å². The van der Waals surface area contributed by atoms with Gasteiger partial charge in [0.1, 0.15) is 0 Å². The zero-order valence-corrected chi connectivity index (χ0v) is 18.2. The van der Waals surface area contributed by atoms with E-state index >= 15 is 0 Å². The Morgan fingerprint density at radius 2 is 1.88 bits per heavy atom. The van der Waals surface area contributed by atoms with E-state index in [0.717, 1.165) is 38.3 Å². The number of aliphatic imine (C=N–C) groups is 1. The van der Waals surface area contributed by atoms with Crippen LogP contribution in [0.25, 0.3) is 0 Å². The summed E-state index contributed by atoms with van der Waals surface area (Å²) < 4.78 is 0. The van der Waals surface area contributed by atoms with Crippen molar-refractivity contribution in [1.29, 1.82) is 0 Å². The lowest BCUT2D eigenvalue weighted by Gasteiger charge is -2.26. The molecule has 1 saturated carbocycles. The van der Waals surface area contributed by atoms with Gasteiger partial charge >= 0.3 is 0 Å². The Kier molecular flexibility index (Phi) is 12.5. The summed E-state index contributed by atoms with van der Waals surface area (Å²) in [5.74, 6) is 1.01. The van der Waals surface area contributed by atoms with Crippen LogP contribution in [0.3, 0.4) is 0 Å². The summed E-state index contributed by atoms with van der Waals surface area (Å²) in [4.78, 5) is 15.9. The molecule has 1 rings (SSSR count). The second-order valence-electron chi connectivity index (χ2n) is 7.42. The minimum atomic E-state index is 0. The Balaban J connectivity index is 0.00000529. The molecule has 0 radical (unpaired) electrons. The number of unbranched alkanes of at least 4 members (excludes halogenated alkanes) is 2. The standard InChI is InChI=1S/C18H36N4O.HI/c1-5-6-7-12-18(2,3)14-21-17(19-4)20-13-8-9-16(23)22-15-10-11-15;/h15H,5-14H2,1-4H3,(H,22,23)(H2,19,20,21);1H. The molecule has 0 saturated heterocycles. The quantitative estimate of drug-likeness (QED) is 0.195. The Bertz CT molecular complexity index is 381. The lowest BCUT2D eigenvalue weighted by atomic mass is 9.87. The first-order valence-corrected chi connectivity index (χ1v) is 9.20. The fraction of sp³-hybridized carbons (Fsp3) is 0.889. The van der Waals surface area contributed by atoms with E-state index in [0.29, 0.717) is 12.5 Å². The maximum Gasteiger partial charge on any atom is 0.220 e. The van der Waals surface area contributed by atoms with Crippen LogP contribution >= 0.6 is 24.0 Å². The van der Waals surface area contributed by atoms with Crippen molar-refractivity contribution in [3.05, 3.63) is 0 Å². The molecular formula is C18H37IN4O. The number of halogens is 1. The highest BCUT2D eigenvalue weighted by molar-refractivity contribution is 14.0. The van der Waals surface area contributed by atoms with Gasteiger partial charge in [0.15, 0.2) is 5.96 Å². The van der Waals surface area contributed by atoms with Crippen LogP contribution < -0.4 is 16.0 Å². The molecule has 0 aliphatic heterocycles. The number of hydrogen-bond acceptors (Lipinski definition) is 2. The monoisotopic (exact) mass is 452 g/mol. The van der Waals surface area contributed by atoms with Crippen LogP contribution in [0.5, 0.6) is 0 Å². The van der Waals surface area contributed by atoms with Gasteiger partial charge in [-0.1, -0.05) is 40.0 Å².